The summed E-state index contributed by atoms with van der Waals surface area (Å²) in [6.07, 6.45) is 7.72. The van der Waals surface area contributed by atoms with Crippen LogP contribution in [0.1, 0.15) is 36.8 Å². The Bertz CT molecular complexity index is 1310. The summed E-state index contributed by atoms with van der Waals surface area (Å²) in [6.45, 7) is 0.673. The van der Waals surface area contributed by atoms with E-state index in [0.29, 0.717) is 36.0 Å². The molecule has 1 aromatic heterocycles. The van der Waals surface area contributed by atoms with Gasteiger partial charge < -0.3 is 5.32 Å². The quantitative estimate of drug-likeness (QED) is 0.431. The predicted molar refractivity (Wildman–Crippen MR) is 143 cm³/mol. The van der Waals surface area contributed by atoms with E-state index in [-0.39, 0.29) is 11.8 Å². The molecule has 1 aliphatic heterocycles. The van der Waals surface area contributed by atoms with Gasteiger partial charge in [-0.15, -0.1) is 23.1 Å². The molecule has 1 N–H and O–H groups in total. The molecule has 35 heavy (non-hydrogen) atoms. The molecule has 1 fully saturated rings. The lowest BCUT2D eigenvalue weighted by Crippen LogP contribution is -2.41. The lowest BCUT2D eigenvalue weighted by atomic mass is 9.90. The monoisotopic (exact) mass is 527 g/mol. The van der Waals surface area contributed by atoms with E-state index >= 15 is 0 Å². The zero-order chi connectivity index (χ0) is 24.4. The fourth-order valence-electron chi connectivity index (χ4n) is 4.82. The molecule has 9 heteroatoms. The maximum absolute atomic E-state index is 13.0. The van der Waals surface area contributed by atoms with Gasteiger partial charge in [-0.3, -0.25) is 4.79 Å². The van der Waals surface area contributed by atoms with Gasteiger partial charge in [0.2, 0.25) is 15.9 Å². The molecule has 0 unspecified atom stereocenters. The number of aromatic nitrogens is 1. The highest BCUT2D eigenvalue weighted by atomic mass is 32.2. The fraction of sp³-hybridized carbons (Fsp3) is 0.385. The molecule has 1 aliphatic carbocycles. The van der Waals surface area contributed by atoms with Gasteiger partial charge in [-0.25, -0.2) is 13.4 Å². The number of rotatable bonds is 6. The van der Waals surface area contributed by atoms with E-state index in [9.17, 15) is 13.2 Å². The zero-order valence-electron chi connectivity index (χ0n) is 19.7. The Morgan fingerprint density at radius 3 is 2.49 bits per heavy atom. The van der Waals surface area contributed by atoms with Gasteiger partial charge in [0, 0.05) is 34.8 Å². The molecule has 2 aromatic carbocycles. The summed E-state index contributed by atoms with van der Waals surface area (Å²) >= 11 is 3.00. The standard InChI is InChI=1S/C26H29N3O3S3/c1-33-22-8-10-23(11-9-22)35(31,32)29-14-12-19(13-15-29)25(30)28-26-27-24(17-34-26)21-7-6-18-4-2-3-5-20(18)16-21/h6-11,16-17,19H,2-5,12-15H2,1H3,(H,27,28,30). The van der Waals surface area contributed by atoms with Gasteiger partial charge in [0.05, 0.1) is 10.6 Å². The highest BCUT2D eigenvalue weighted by molar-refractivity contribution is 7.98. The Morgan fingerprint density at radius 2 is 1.77 bits per heavy atom. The highest BCUT2D eigenvalue weighted by Gasteiger charge is 2.32. The van der Waals surface area contributed by atoms with Gasteiger partial charge in [0.1, 0.15) is 0 Å². The van der Waals surface area contributed by atoms with Crippen molar-refractivity contribution < 1.29 is 13.2 Å². The summed E-state index contributed by atoms with van der Waals surface area (Å²) in [5, 5.41) is 5.53. The van der Waals surface area contributed by atoms with Crippen molar-refractivity contribution in [2.75, 3.05) is 24.7 Å². The number of carbonyl (C=O) groups excluding carboxylic acids is 1. The topological polar surface area (TPSA) is 79.4 Å². The third-order valence-corrected chi connectivity index (χ3v) is 10.3. The second-order valence-electron chi connectivity index (χ2n) is 9.07. The molecule has 0 radical (unpaired) electrons. The largest absolute Gasteiger partial charge is 0.302 e. The van der Waals surface area contributed by atoms with Crippen LogP contribution in [-0.2, 0) is 27.7 Å². The van der Waals surface area contributed by atoms with Gasteiger partial charge in [-0.2, -0.15) is 4.31 Å². The molecular formula is C26H29N3O3S3. The highest BCUT2D eigenvalue weighted by Crippen LogP contribution is 2.31. The van der Waals surface area contributed by atoms with Gasteiger partial charge >= 0.3 is 0 Å². The van der Waals surface area contributed by atoms with Crippen molar-refractivity contribution in [3.63, 3.8) is 0 Å². The molecule has 0 spiro atoms. The van der Waals surface area contributed by atoms with Crippen molar-refractivity contribution in [1.82, 2.24) is 9.29 Å². The third kappa shape index (κ3) is 5.33. The maximum Gasteiger partial charge on any atom is 0.243 e. The van der Waals surface area contributed by atoms with Crippen molar-refractivity contribution >= 4 is 44.2 Å². The number of aryl methyl sites for hydroxylation is 2. The number of hydrogen-bond donors (Lipinski definition) is 1. The zero-order valence-corrected chi connectivity index (χ0v) is 22.1. The number of amides is 1. The summed E-state index contributed by atoms with van der Waals surface area (Å²) in [5.41, 5.74) is 4.82. The average molecular weight is 528 g/mol. The van der Waals surface area contributed by atoms with Crippen LogP contribution in [0.3, 0.4) is 0 Å². The number of fused-ring (bicyclic) bond motifs is 1. The van der Waals surface area contributed by atoms with Crippen LogP contribution in [0.4, 0.5) is 5.13 Å². The Morgan fingerprint density at radius 1 is 1.06 bits per heavy atom. The summed E-state index contributed by atoms with van der Waals surface area (Å²) in [4.78, 5) is 18.9. The molecule has 0 bridgehead atoms. The molecule has 2 aliphatic rings. The second-order valence-corrected chi connectivity index (χ2v) is 12.7. The van der Waals surface area contributed by atoms with Crippen LogP contribution in [-0.4, -0.2) is 43.0 Å². The van der Waals surface area contributed by atoms with Crippen LogP contribution < -0.4 is 5.32 Å². The van der Waals surface area contributed by atoms with Crippen molar-refractivity contribution in [3.8, 4) is 11.3 Å². The molecule has 5 rings (SSSR count). The fourth-order valence-corrected chi connectivity index (χ4v) is 7.42. The summed E-state index contributed by atoms with van der Waals surface area (Å²) in [5.74, 6) is -0.311. The molecule has 0 saturated carbocycles. The average Bonchev–Trinajstić information content (AvgIpc) is 3.37. The first kappa shape index (κ1) is 24.5. The van der Waals surface area contributed by atoms with Crippen LogP contribution in [0.25, 0.3) is 11.3 Å². The smallest absolute Gasteiger partial charge is 0.243 e. The van der Waals surface area contributed by atoms with Gasteiger partial charge in [-0.05, 0) is 86.2 Å². The first-order valence-electron chi connectivity index (χ1n) is 12.0. The van der Waals surface area contributed by atoms with Crippen molar-refractivity contribution in [2.24, 2.45) is 5.92 Å². The van der Waals surface area contributed by atoms with E-state index in [1.165, 1.54) is 39.6 Å². The Balaban J connectivity index is 1.19. The Kier molecular flexibility index (Phi) is 7.29. The van der Waals surface area contributed by atoms with Crippen molar-refractivity contribution in [1.29, 1.82) is 0 Å². The number of anilines is 1. The van der Waals surface area contributed by atoms with Crippen LogP contribution in [0.15, 0.2) is 57.6 Å². The normalized spacial score (nSPS) is 17.2. The molecule has 1 saturated heterocycles. The van der Waals surface area contributed by atoms with Gasteiger partial charge in [-0.1, -0.05) is 12.1 Å². The van der Waals surface area contributed by atoms with E-state index in [4.69, 9.17) is 0 Å². The SMILES string of the molecule is CSc1ccc(S(=O)(=O)N2CCC(C(=O)Nc3nc(-c4ccc5c(c4)CCCC5)cs3)CC2)cc1. The lowest BCUT2D eigenvalue weighted by Gasteiger charge is -2.30. The van der Waals surface area contributed by atoms with E-state index < -0.39 is 10.0 Å². The van der Waals surface area contributed by atoms with Crippen LogP contribution >= 0.6 is 23.1 Å². The number of thiazole rings is 1. The predicted octanol–water partition coefficient (Wildman–Crippen LogP) is 5.45. The number of nitrogens with one attached hydrogen (secondary N) is 1. The Hall–Kier alpha value is -2.20. The first-order chi connectivity index (χ1) is 16.9. The minimum Gasteiger partial charge on any atom is -0.302 e. The minimum absolute atomic E-state index is 0.0855. The molecule has 6 nitrogen and oxygen atoms in total. The number of benzene rings is 2. The maximum atomic E-state index is 13.0. The summed E-state index contributed by atoms with van der Waals surface area (Å²) in [7, 11) is -3.55. The lowest BCUT2D eigenvalue weighted by molar-refractivity contribution is -0.120. The molecule has 0 atom stereocenters. The molecule has 184 valence electrons. The third-order valence-electron chi connectivity index (χ3n) is 6.90. The van der Waals surface area contributed by atoms with Gasteiger partial charge in [0.15, 0.2) is 5.13 Å². The van der Waals surface area contributed by atoms with E-state index in [2.05, 4.69) is 28.5 Å². The number of sulfonamides is 1. The molecule has 1 amide bonds. The first-order valence-corrected chi connectivity index (χ1v) is 15.5. The van der Waals surface area contributed by atoms with E-state index in [1.54, 1.807) is 23.9 Å². The Labute approximate surface area is 215 Å². The number of piperidine rings is 1. The number of carbonyl (C=O) groups is 1. The number of nitrogens with zero attached hydrogens (tertiary/aromatic N) is 2. The van der Waals surface area contributed by atoms with Crippen LogP contribution in [0.5, 0.6) is 0 Å². The van der Waals surface area contributed by atoms with Crippen LogP contribution in [0.2, 0.25) is 0 Å². The summed E-state index contributed by atoms with van der Waals surface area (Å²) in [6, 6.07) is 13.5. The second kappa shape index (κ2) is 10.4. The van der Waals surface area contributed by atoms with E-state index in [0.717, 1.165) is 29.0 Å². The molecule has 2 heterocycles. The van der Waals surface area contributed by atoms with Crippen molar-refractivity contribution in [3.05, 3.63) is 59.0 Å². The minimum atomic E-state index is -3.55. The van der Waals surface area contributed by atoms with E-state index in [1.807, 2.05) is 23.8 Å². The van der Waals surface area contributed by atoms with Crippen LogP contribution in [0, 0.1) is 5.92 Å². The van der Waals surface area contributed by atoms with Gasteiger partial charge in [0.25, 0.3) is 0 Å². The summed E-state index contributed by atoms with van der Waals surface area (Å²) < 4.78 is 27.5. The van der Waals surface area contributed by atoms with Crippen molar-refractivity contribution in [2.45, 2.75) is 48.3 Å². The molecular weight excluding hydrogens is 499 g/mol. The number of thioether (sulfide) groups is 1. The number of hydrogen-bond acceptors (Lipinski definition) is 6. The molecule has 3 aromatic rings.